The number of unbranched alkanes of at least 4 members (excludes halogenated alkanes) is 1. The fraction of sp³-hybridized carbons (Fsp3) is 0.800. The molecule has 2 fully saturated rings. The monoisotopic (exact) mass is 355 g/mol. The highest BCUT2D eigenvalue weighted by Gasteiger charge is 2.24. The van der Waals surface area contributed by atoms with E-state index in [2.05, 4.69) is 13.0 Å². The predicted molar refractivity (Wildman–Crippen MR) is 113 cm³/mol. The van der Waals surface area contributed by atoms with Gasteiger partial charge in [-0.05, 0) is 36.5 Å². The molecule has 0 amide bonds. The highest BCUT2D eigenvalue weighted by Crippen LogP contribution is 2.38. The molecule has 2 saturated carbocycles. The van der Waals surface area contributed by atoms with E-state index < -0.39 is 0 Å². The van der Waals surface area contributed by atoms with Crippen molar-refractivity contribution in [2.24, 2.45) is 23.7 Å². The molecule has 0 saturated heterocycles. The molecule has 0 aromatic heterocycles. The average Bonchev–Trinajstić information content (AvgIpc) is 2.69. The first-order valence-electron chi connectivity index (χ1n) is 11.5. The average molecular weight is 356 g/mol. The summed E-state index contributed by atoms with van der Waals surface area (Å²) in [4.78, 5) is 0. The van der Waals surface area contributed by atoms with Crippen LogP contribution in [0.5, 0.6) is 0 Å². The van der Waals surface area contributed by atoms with Crippen LogP contribution in [0.3, 0.4) is 0 Å². The van der Waals surface area contributed by atoms with Gasteiger partial charge in [0.1, 0.15) is 0 Å². The molecule has 1 nitrogen and oxygen atoms in total. The second-order valence-corrected chi connectivity index (χ2v) is 8.99. The Kier molecular flexibility index (Phi) is 10.8. The van der Waals surface area contributed by atoms with E-state index in [-0.39, 0.29) is 0 Å². The largest absolute Gasteiger partial charge is 0.193 e. The van der Waals surface area contributed by atoms with Gasteiger partial charge in [-0.1, -0.05) is 109 Å². The van der Waals surface area contributed by atoms with Crippen molar-refractivity contribution in [3.63, 3.8) is 0 Å². The molecule has 1 heteroatoms. The molecule has 0 N–H and O–H groups in total. The van der Waals surface area contributed by atoms with Crippen LogP contribution in [0.1, 0.15) is 103 Å². The van der Waals surface area contributed by atoms with E-state index in [1.807, 2.05) is 18.2 Å². The third-order valence-electron chi connectivity index (χ3n) is 7.04. The molecule has 2 rings (SSSR count). The second kappa shape index (κ2) is 13.2. The van der Waals surface area contributed by atoms with E-state index in [1.165, 1.54) is 96.3 Å². The van der Waals surface area contributed by atoms with Gasteiger partial charge in [-0.3, -0.25) is 0 Å². The zero-order chi connectivity index (χ0) is 18.5. The first kappa shape index (κ1) is 21.3. The van der Waals surface area contributed by atoms with E-state index >= 15 is 0 Å². The zero-order valence-electron chi connectivity index (χ0n) is 17.2. The number of allylic oxidation sites excluding steroid dienone is 4. The molecule has 26 heavy (non-hydrogen) atoms. The summed E-state index contributed by atoms with van der Waals surface area (Å²) in [6.45, 7) is 2.32. The third kappa shape index (κ3) is 8.57. The first-order chi connectivity index (χ1) is 12.8. The van der Waals surface area contributed by atoms with Gasteiger partial charge in [-0.2, -0.15) is 5.26 Å². The van der Waals surface area contributed by atoms with E-state index in [9.17, 15) is 0 Å². The fourth-order valence-electron chi connectivity index (χ4n) is 5.19. The molecular formula is C25H41N. The van der Waals surface area contributed by atoms with Gasteiger partial charge >= 0.3 is 0 Å². The van der Waals surface area contributed by atoms with Crippen LogP contribution in [0, 0.1) is 35.0 Å². The summed E-state index contributed by atoms with van der Waals surface area (Å²) in [5, 5.41) is 8.45. The highest BCUT2D eigenvalue weighted by molar-refractivity contribution is 5.11. The molecule has 146 valence electrons. The van der Waals surface area contributed by atoms with E-state index in [4.69, 9.17) is 5.26 Å². The molecular weight excluding hydrogens is 314 g/mol. The molecule has 0 aromatic carbocycles. The molecule has 0 atom stereocenters. The second-order valence-electron chi connectivity index (χ2n) is 8.99. The standard InChI is InChI=1S/C25H41N/c1-2-3-9-22-11-15-24(16-12-22)19-20-25-17-13-23(14-18-25)10-7-5-4-6-8-21-26/h4-6,8,22-25H,2-3,7,9-20H2,1H3/b5-4+,8-6+. The lowest BCUT2D eigenvalue weighted by molar-refractivity contribution is 0.209. The van der Waals surface area contributed by atoms with Gasteiger partial charge in [0.15, 0.2) is 0 Å². The molecule has 0 unspecified atom stereocenters. The molecule has 0 aromatic rings. The molecule has 2 aliphatic carbocycles. The van der Waals surface area contributed by atoms with Crippen molar-refractivity contribution in [3.05, 3.63) is 24.3 Å². The van der Waals surface area contributed by atoms with Gasteiger partial charge in [0, 0.05) is 6.08 Å². The van der Waals surface area contributed by atoms with Crippen LogP contribution in [-0.4, -0.2) is 0 Å². The van der Waals surface area contributed by atoms with Crippen LogP contribution in [0.4, 0.5) is 0 Å². The van der Waals surface area contributed by atoms with E-state index in [1.54, 1.807) is 6.08 Å². The van der Waals surface area contributed by atoms with Crippen molar-refractivity contribution < 1.29 is 0 Å². The minimum Gasteiger partial charge on any atom is -0.193 e. The van der Waals surface area contributed by atoms with Crippen molar-refractivity contribution in [2.45, 2.75) is 103 Å². The van der Waals surface area contributed by atoms with Gasteiger partial charge in [0.2, 0.25) is 0 Å². The summed E-state index contributed by atoms with van der Waals surface area (Å²) in [6.07, 6.45) is 29.4. The number of hydrogen-bond acceptors (Lipinski definition) is 1. The van der Waals surface area contributed by atoms with E-state index in [0.717, 1.165) is 23.7 Å². The Labute approximate surface area is 162 Å². The van der Waals surface area contributed by atoms with Crippen LogP contribution >= 0.6 is 0 Å². The summed E-state index contributed by atoms with van der Waals surface area (Å²) in [5.74, 6) is 4.09. The number of nitriles is 1. The summed E-state index contributed by atoms with van der Waals surface area (Å²) >= 11 is 0. The Hall–Kier alpha value is -1.03. The van der Waals surface area contributed by atoms with Gasteiger partial charge < -0.3 is 0 Å². The summed E-state index contributed by atoms with van der Waals surface area (Å²) < 4.78 is 0. The normalized spacial score (nSPS) is 30.0. The van der Waals surface area contributed by atoms with Gasteiger partial charge in [0.25, 0.3) is 0 Å². The summed E-state index contributed by atoms with van der Waals surface area (Å²) in [5.41, 5.74) is 0. The maximum Gasteiger partial charge on any atom is 0.0912 e. The van der Waals surface area contributed by atoms with Crippen LogP contribution in [-0.2, 0) is 0 Å². The van der Waals surface area contributed by atoms with Gasteiger partial charge in [-0.25, -0.2) is 0 Å². The van der Waals surface area contributed by atoms with Crippen LogP contribution in [0.15, 0.2) is 24.3 Å². The minimum atomic E-state index is 0.949. The van der Waals surface area contributed by atoms with E-state index in [0.29, 0.717) is 0 Å². The number of rotatable bonds is 10. The zero-order valence-corrected chi connectivity index (χ0v) is 17.2. The predicted octanol–water partition coefficient (Wildman–Crippen LogP) is 7.99. The lowest BCUT2D eigenvalue weighted by atomic mass is 9.74. The SMILES string of the molecule is CCCCC1CCC(CCC2CCC(CC/C=C/C=C/C#N)CC2)CC1. The smallest absolute Gasteiger partial charge is 0.0912 e. The highest BCUT2D eigenvalue weighted by atomic mass is 14.3. The Balaban J connectivity index is 1.51. The van der Waals surface area contributed by atoms with Crippen molar-refractivity contribution in [1.29, 1.82) is 5.26 Å². The lowest BCUT2D eigenvalue weighted by Gasteiger charge is -2.32. The van der Waals surface area contributed by atoms with Gasteiger partial charge in [0.05, 0.1) is 6.07 Å². The fourth-order valence-corrected chi connectivity index (χ4v) is 5.19. The molecule has 0 spiro atoms. The quantitative estimate of drug-likeness (QED) is 0.288. The topological polar surface area (TPSA) is 23.8 Å². The molecule has 0 heterocycles. The Morgan fingerprint density at radius 3 is 1.73 bits per heavy atom. The molecule has 0 aliphatic heterocycles. The third-order valence-corrected chi connectivity index (χ3v) is 7.04. The Morgan fingerprint density at radius 1 is 0.731 bits per heavy atom. The van der Waals surface area contributed by atoms with Gasteiger partial charge in [-0.15, -0.1) is 0 Å². The van der Waals surface area contributed by atoms with Crippen LogP contribution in [0.2, 0.25) is 0 Å². The summed E-state index contributed by atoms with van der Waals surface area (Å²) in [7, 11) is 0. The van der Waals surface area contributed by atoms with Crippen molar-refractivity contribution in [3.8, 4) is 6.07 Å². The summed E-state index contributed by atoms with van der Waals surface area (Å²) in [6, 6.07) is 2.03. The van der Waals surface area contributed by atoms with Crippen molar-refractivity contribution in [1.82, 2.24) is 0 Å². The first-order valence-corrected chi connectivity index (χ1v) is 11.5. The Morgan fingerprint density at radius 2 is 1.23 bits per heavy atom. The molecule has 0 bridgehead atoms. The lowest BCUT2D eigenvalue weighted by Crippen LogP contribution is -2.18. The Bertz CT molecular complexity index is 439. The number of nitrogens with zero attached hydrogens (tertiary/aromatic N) is 1. The van der Waals surface area contributed by atoms with Crippen LogP contribution in [0.25, 0.3) is 0 Å². The number of hydrogen-bond donors (Lipinski definition) is 0. The molecule has 0 radical (unpaired) electrons. The van der Waals surface area contributed by atoms with Crippen LogP contribution < -0.4 is 0 Å². The minimum absolute atomic E-state index is 0.949. The van der Waals surface area contributed by atoms with Crippen molar-refractivity contribution in [2.75, 3.05) is 0 Å². The molecule has 2 aliphatic rings. The maximum absolute atomic E-state index is 8.45. The van der Waals surface area contributed by atoms with Crippen molar-refractivity contribution >= 4 is 0 Å². The maximum atomic E-state index is 8.45.